The van der Waals surface area contributed by atoms with Gasteiger partial charge in [-0.1, -0.05) is 6.92 Å². The number of aromatic nitrogens is 2. The van der Waals surface area contributed by atoms with E-state index in [0.717, 1.165) is 0 Å². The highest BCUT2D eigenvalue weighted by Gasteiger charge is 2.14. The van der Waals surface area contributed by atoms with Gasteiger partial charge in [-0.05, 0) is 6.92 Å². The lowest BCUT2D eigenvalue weighted by atomic mass is 10.7. The summed E-state index contributed by atoms with van der Waals surface area (Å²) in [4.78, 5) is 3.79. The molecule has 0 amide bonds. The second-order valence-electron chi connectivity index (χ2n) is 2.54. The topological polar surface area (TPSA) is 64.0 Å². The number of nitrogens with one attached hydrogen (secondary N) is 1. The van der Waals surface area contributed by atoms with Gasteiger partial charge in [-0.25, -0.2) is 18.1 Å². The van der Waals surface area contributed by atoms with E-state index in [1.807, 2.05) is 6.92 Å². The Labute approximate surface area is 77.8 Å². The lowest BCUT2D eigenvalue weighted by Crippen LogP contribution is -2.23. The van der Waals surface area contributed by atoms with Crippen molar-refractivity contribution in [3.8, 4) is 0 Å². The third-order valence-corrected chi connectivity index (χ3v) is 3.01. The highest BCUT2D eigenvalue weighted by Crippen LogP contribution is 2.03. The Balaban J connectivity index is 2.94. The van der Waals surface area contributed by atoms with E-state index in [0.29, 0.717) is 13.1 Å². The Morgan fingerprint density at radius 2 is 2.23 bits per heavy atom. The number of hydrogen-bond acceptors (Lipinski definition) is 3. The first-order valence-electron chi connectivity index (χ1n) is 4.11. The summed E-state index contributed by atoms with van der Waals surface area (Å²) in [6.07, 6.45) is 3.02. The van der Waals surface area contributed by atoms with Crippen LogP contribution in [-0.4, -0.2) is 24.5 Å². The average molecular weight is 203 g/mol. The fourth-order valence-corrected chi connectivity index (χ4v) is 1.90. The van der Waals surface area contributed by atoms with Crippen LogP contribution in [0.5, 0.6) is 0 Å². The minimum Gasteiger partial charge on any atom is -0.336 e. The number of nitrogens with zero attached hydrogens (tertiary/aromatic N) is 2. The minimum absolute atomic E-state index is 0.0798. The van der Waals surface area contributed by atoms with Crippen molar-refractivity contribution in [1.82, 2.24) is 14.3 Å². The van der Waals surface area contributed by atoms with Crippen molar-refractivity contribution >= 4 is 10.0 Å². The molecule has 0 bridgehead atoms. The fourth-order valence-electron chi connectivity index (χ4n) is 0.915. The molecule has 0 fully saturated rings. The zero-order valence-corrected chi connectivity index (χ0v) is 8.50. The molecule has 13 heavy (non-hydrogen) atoms. The number of hydrogen-bond donors (Lipinski definition) is 1. The van der Waals surface area contributed by atoms with E-state index < -0.39 is 10.0 Å². The lowest BCUT2D eigenvalue weighted by Gasteiger charge is -1.98. The predicted molar refractivity (Wildman–Crippen MR) is 48.8 cm³/mol. The molecule has 1 aromatic heterocycles. The molecular formula is C7H13N3O2S. The Bertz CT molecular complexity index is 369. The minimum atomic E-state index is -3.38. The van der Waals surface area contributed by atoms with Gasteiger partial charge in [-0.2, -0.15) is 0 Å². The van der Waals surface area contributed by atoms with Gasteiger partial charge in [-0.3, -0.25) is 0 Å². The number of sulfonamides is 1. The molecular weight excluding hydrogens is 190 g/mol. The summed E-state index contributed by atoms with van der Waals surface area (Å²) in [7, 11) is -3.38. The lowest BCUT2D eigenvalue weighted by molar-refractivity contribution is 0.580. The maximum Gasteiger partial charge on any atom is 0.259 e. The van der Waals surface area contributed by atoms with Crippen molar-refractivity contribution in [3.63, 3.8) is 0 Å². The highest BCUT2D eigenvalue weighted by molar-refractivity contribution is 7.89. The van der Waals surface area contributed by atoms with Gasteiger partial charge in [0.15, 0.2) is 5.03 Å². The molecule has 0 aromatic carbocycles. The molecule has 0 radical (unpaired) electrons. The van der Waals surface area contributed by atoms with E-state index in [1.165, 1.54) is 12.5 Å². The first-order valence-corrected chi connectivity index (χ1v) is 5.60. The monoisotopic (exact) mass is 203 g/mol. The quantitative estimate of drug-likeness (QED) is 0.760. The molecule has 6 heteroatoms. The van der Waals surface area contributed by atoms with E-state index in [-0.39, 0.29) is 5.03 Å². The molecule has 1 N–H and O–H groups in total. The van der Waals surface area contributed by atoms with Crippen LogP contribution >= 0.6 is 0 Å². The zero-order valence-electron chi connectivity index (χ0n) is 7.69. The number of aryl methyl sites for hydroxylation is 1. The van der Waals surface area contributed by atoms with Crippen LogP contribution in [0, 0.1) is 0 Å². The molecule has 74 valence electrons. The Hall–Kier alpha value is -0.880. The maximum atomic E-state index is 11.4. The van der Waals surface area contributed by atoms with E-state index in [2.05, 4.69) is 9.71 Å². The molecule has 5 nitrogen and oxygen atoms in total. The molecule has 0 saturated heterocycles. The van der Waals surface area contributed by atoms with Crippen LogP contribution in [0.15, 0.2) is 17.6 Å². The van der Waals surface area contributed by atoms with E-state index >= 15 is 0 Å². The van der Waals surface area contributed by atoms with Crippen molar-refractivity contribution in [2.24, 2.45) is 0 Å². The summed E-state index contributed by atoms with van der Waals surface area (Å²) in [5.41, 5.74) is 0. The standard InChI is InChI=1S/C7H13N3O2S/c1-3-9-13(11,12)7-5-10(4-2)6-8-7/h5-6,9H,3-4H2,1-2H3. The summed E-state index contributed by atoms with van der Waals surface area (Å²) >= 11 is 0. The summed E-state index contributed by atoms with van der Waals surface area (Å²) in [6.45, 7) is 4.75. The van der Waals surface area contributed by atoms with Crippen LogP contribution in [0.1, 0.15) is 13.8 Å². The summed E-state index contributed by atoms with van der Waals surface area (Å²) in [6, 6.07) is 0. The molecule has 0 unspecified atom stereocenters. The third kappa shape index (κ3) is 2.28. The van der Waals surface area contributed by atoms with Crippen LogP contribution in [0.4, 0.5) is 0 Å². The molecule has 0 saturated carbocycles. The first kappa shape index (κ1) is 10.2. The molecule has 0 atom stereocenters. The summed E-state index contributed by atoms with van der Waals surface area (Å²) in [5, 5.41) is 0.0798. The van der Waals surface area contributed by atoms with Gasteiger partial charge in [0.05, 0.1) is 6.33 Å². The van der Waals surface area contributed by atoms with Crippen LogP contribution in [0.3, 0.4) is 0 Å². The van der Waals surface area contributed by atoms with Gasteiger partial charge < -0.3 is 4.57 Å². The zero-order chi connectivity index (χ0) is 9.90. The summed E-state index contributed by atoms with van der Waals surface area (Å²) in [5.74, 6) is 0. The Morgan fingerprint density at radius 1 is 1.54 bits per heavy atom. The molecule has 1 heterocycles. The van der Waals surface area contributed by atoms with Gasteiger partial charge in [0.25, 0.3) is 10.0 Å². The van der Waals surface area contributed by atoms with Gasteiger partial charge >= 0.3 is 0 Å². The van der Waals surface area contributed by atoms with Crippen molar-refractivity contribution in [2.75, 3.05) is 6.54 Å². The van der Waals surface area contributed by atoms with Gasteiger partial charge in [0.2, 0.25) is 0 Å². The molecule has 0 spiro atoms. The highest BCUT2D eigenvalue weighted by atomic mass is 32.2. The first-order chi connectivity index (χ1) is 6.10. The van der Waals surface area contributed by atoms with E-state index in [9.17, 15) is 8.42 Å². The fraction of sp³-hybridized carbons (Fsp3) is 0.571. The van der Waals surface area contributed by atoms with Gasteiger partial charge in [0.1, 0.15) is 0 Å². The van der Waals surface area contributed by atoms with E-state index in [4.69, 9.17) is 0 Å². The average Bonchev–Trinajstić information content (AvgIpc) is 2.52. The van der Waals surface area contributed by atoms with Crippen LogP contribution in [0.25, 0.3) is 0 Å². The van der Waals surface area contributed by atoms with Crippen LogP contribution in [0.2, 0.25) is 0 Å². The predicted octanol–water partition coefficient (Wildman–Crippen LogP) is 0.201. The largest absolute Gasteiger partial charge is 0.336 e. The van der Waals surface area contributed by atoms with Crippen molar-refractivity contribution in [2.45, 2.75) is 25.4 Å². The summed E-state index contributed by atoms with van der Waals surface area (Å²) < 4.78 is 26.8. The SMILES string of the molecule is CCNS(=O)(=O)c1cn(CC)cn1. The second-order valence-corrected chi connectivity index (χ2v) is 4.26. The van der Waals surface area contributed by atoms with Crippen molar-refractivity contribution < 1.29 is 8.42 Å². The van der Waals surface area contributed by atoms with Gasteiger partial charge in [0, 0.05) is 19.3 Å². The molecule has 0 aliphatic heterocycles. The van der Waals surface area contributed by atoms with Crippen molar-refractivity contribution in [1.29, 1.82) is 0 Å². The van der Waals surface area contributed by atoms with Gasteiger partial charge in [-0.15, -0.1) is 0 Å². The molecule has 0 aliphatic rings. The normalized spacial score (nSPS) is 11.8. The third-order valence-electron chi connectivity index (χ3n) is 1.58. The molecule has 0 aliphatic carbocycles. The smallest absolute Gasteiger partial charge is 0.259 e. The van der Waals surface area contributed by atoms with E-state index in [1.54, 1.807) is 11.5 Å². The van der Waals surface area contributed by atoms with Crippen LogP contribution in [-0.2, 0) is 16.6 Å². The Kier molecular flexibility index (Phi) is 3.05. The number of rotatable bonds is 4. The Morgan fingerprint density at radius 3 is 2.69 bits per heavy atom. The molecule has 1 aromatic rings. The maximum absolute atomic E-state index is 11.4. The second kappa shape index (κ2) is 3.89. The molecule has 1 rings (SSSR count). The van der Waals surface area contributed by atoms with Crippen LogP contribution < -0.4 is 4.72 Å². The number of imidazole rings is 1. The van der Waals surface area contributed by atoms with Crippen molar-refractivity contribution in [3.05, 3.63) is 12.5 Å².